The fraction of sp³-hybridized carbons (Fsp3) is 0.467. The number of carbonyl (C=O) groups is 2. The van der Waals surface area contributed by atoms with Crippen LogP contribution in [0, 0.1) is 12.7 Å². The second-order valence-electron chi connectivity index (χ2n) is 5.45. The van der Waals surface area contributed by atoms with Crippen LogP contribution >= 0.6 is 11.6 Å². The summed E-state index contributed by atoms with van der Waals surface area (Å²) in [5.74, 6) is -1.49. The lowest BCUT2D eigenvalue weighted by Gasteiger charge is -2.35. The smallest absolute Gasteiger partial charge is 0.256 e. The van der Waals surface area contributed by atoms with E-state index in [2.05, 4.69) is 5.32 Å². The molecule has 0 saturated carbocycles. The van der Waals surface area contributed by atoms with E-state index in [0.717, 1.165) is 0 Å². The van der Waals surface area contributed by atoms with Gasteiger partial charge in [-0.1, -0.05) is 17.7 Å². The quantitative estimate of drug-likeness (QED) is 0.864. The molecule has 1 aromatic carbocycles. The zero-order valence-corrected chi connectivity index (χ0v) is 13.2. The molecule has 0 spiro atoms. The first-order valence-corrected chi connectivity index (χ1v) is 7.38. The average Bonchev–Trinajstić information content (AvgIpc) is 2.45. The van der Waals surface area contributed by atoms with Crippen LogP contribution in [0.25, 0.3) is 0 Å². The van der Waals surface area contributed by atoms with Gasteiger partial charge in [0.25, 0.3) is 5.91 Å². The molecule has 1 saturated heterocycles. The van der Waals surface area contributed by atoms with Gasteiger partial charge >= 0.3 is 0 Å². The van der Waals surface area contributed by atoms with E-state index in [1.807, 2.05) is 0 Å². The van der Waals surface area contributed by atoms with Crippen molar-refractivity contribution in [2.24, 2.45) is 0 Å². The maximum absolute atomic E-state index is 13.8. The van der Waals surface area contributed by atoms with Crippen LogP contribution in [0.2, 0.25) is 5.02 Å². The molecular formula is C15H18ClFN2O3. The number of aliphatic hydroxyl groups excluding tert-OH is 1. The summed E-state index contributed by atoms with van der Waals surface area (Å²) >= 11 is 6.00. The van der Waals surface area contributed by atoms with Crippen LogP contribution in [0.3, 0.4) is 0 Å². The number of hydrogen-bond donors (Lipinski definition) is 2. The largest absolute Gasteiger partial charge is 0.389 e. The molecule has 1 heterocycles. The Morgan fingerprint density at radius 3 is 2.73 bits per heavy atom. The molecule has 1 aromatic rings. The topological polar surface area (TPSA) is 69.6 Å². The molecule has 22 heavy (non-hydrogen) atoms. The van der Waals surface area contributed by atoms with Gasteiger partial charge in [0.05, 0.1) is 22.7 Å². The highest BCUT2D eigenvalue weighted by Crippen LogP contribution is 2.24. The van der Waals surface area contributed by atoms with Gasteiger partial charge in [0, 0.05) is 20.0 Å². The van der Waals surface area contributed by atoms with Gasteiger partial charge in [-0.15, -0.1) is 0 Å². The van der Waals surface area contributed by atoms with Crippen molar-refractivity contribution in [2.75, 3.05) is 13.1 Å². The number of aliphatic hydroxyl groups is 1. The molecule has 0 unspecified atom stereocenters. The molecule has 1 aliphatic heterocycles. The Morgan fingerprint density at radius 2 is 2.14 bits per heavy atom. The van der Waals surface area contributed by atoms with Crippen LogP contribution in [0.4, 0.5) is 4.39 Å². The van der Waals surface area contributed by atoms with Gasteiger partial charge in [-0.05, 0) is 25.0 Å². The zero-order chi connectivity index (χ0) is 16.4. The molecule has 0 radical (unpaired) electrons. The summed E-state index contributed by atoms with van der Waals surface area (Å²) in [5.41, 5.74) is 0.378. The van der Waals surface area contributed by atoms with Crippen LogP contribution < -0.4 is 5.32 Å². The maximum Gasteiger partial charge on any atom is 0.256 e. The minimum atomic E-state index is -0.895. The van der Waals surface area contributed by atoms with Crippen molar-refractivity contribution in [3.63, 3.8) is 0 Å². The van der Waals surface area contributed by atoms with Crippen LogP contribution in [0.1, 0.15) is 29.3 Å². The number of aryl methyl sites for hydroxylation is 1. The Bertz CT molecular complexity index is 609. The molecular weight excluding hydrogens is 311 g/mol. The standard InChI is InChI=1S/C15H18ClFN2O3/c1-8-3-4-10(17)13(14(8)16)15(22)18-11-5-6-19(9(2)20)7-12(11)21/h3-4,11-12,21H,5-7H2,1-2H3,(H,18,22)/t11-,12-/m1/s1. The van der Waals surface area contributed by atoms with Crippen molar-refractivity contribution in [2.45, 2.75) is 32.4 Å². The number of benzene rings is 1. The first kappa shape index (κ1) is 16.7. The fourth-order valence-electron chi connectivity index (χ4n) is 2.49. The molecule has 7 heteroatoms. The molecule has 2 amide bonds. The monoisotopic (exact) mass is 328 g/mol. The number of nitrogens with one attached hydrogen (secondary N) is 1. The van der Waals surface area contributed by atoms with Crippen molar-refractivity contribution in [3.8, 4) is 0 Å². The third kappa shape index (κ3) is 3.39. The number of nitrogens with zero attached hydrogens (tertiary/aromatic N) is 1. The third-order valence-corrected chi connectivity index (χ3v) is 4.34. The Morgan fingerprint density at radius 1 is 1.45 bits per heavy atom. The fourth-order valence-corrected chi connectivity index (χ4v) is 2.73. The van der Waals surface area contributed by atoms with Gasteiger partial charge in [0.1, 0.15) is 5.82 Å². The highest BCUT2D eigenvalue weighted by Gasteiger charge is 2.31. The summed E-state index contributed by atoms with van der Waals surface area (Å²) in [6, 6.07) is 2.14. The van der Waals surface area contributed by atoms with E-state index in [0.29, 0.717) is 18.5 Å². The highest BCUT2D eigenvalue weighted by molar-refractivity contribution is 6.34. The van der Waals surface area contributed by atoms with E-state index in [1.165, 1.54) is 24.0 Å². The Kier molecular flexibility index (Phi) is 5.03. The predicted octanol–water partition coefficient (Wildman–Crippen LogP) is 1.50. The molecule has 120 valence electrons. The minimum Gasteiger partial charge on any atom is -0.389 e. The van der Waals surface area contributed by atoms with Gasteiger partial charge in [-0.25, -0.2) is 4.39 Å². The van der Waals surface area contributed by atoms with E-state index in [1.54, 1.807) is 6.92 Å². The van der Waals surface area contributed by atoms with E-state index in [-0.39, 0.29) is 23.0 Å². The summed E-state index contributed by atoms with van der Waals surface area (Å²) in [4.78, 5) is 25.0. The highest BCUT2D eigenvalue weighted by atomic mass is 35.5. The number of β-amino-alcohol motifs (C(OH)–C–C–N with tert-alkyl or cyclic N) is 1. The molecule has 0 aliphatic carbocycles. The zero-order valence-electron chi connectivity index (χ0n) is 12.4. The van der Waals surface area contributed by atoms with Gasteiger partial charge in [-0.2, -0.15) is 0 Å². The molecule has 1 aliphatic rings. The van der Waals surface area contributed by atoms with Crippen molar-refractivity contribution in [1.29, 1.82) is 0 Å². The van der Waals surface area contributed by atoms with E-state index in [4.69, 9.17) is 11.6 Å². The van der Waals surface area contributed by atoms with E-state index < -0.39 is 23.9 Å². The second-order valence-corrected chi connectivity index (χ2v) is 5.83. The summed E-state index contributed by atoms with van der Waals surface area (Å²) in [6.45, 7) is 3.68. The Hall–Kier alpha value is -1.66. The van der Waals surface area contributed by atoms with Crippen molar-refractivity contribution >= 4 is 23.4 Å². The lowest BCUT2D eigenvalue weighted by Crippen LogP contribution is -2.55. The normalized spacial score (nSPS) is 21.6. The van der Waals surface area contributed by atoms with Crippen molar-refractivity contribution < 1.29 is 19.1 Å². The molecule has 1 fully saturated rings. The lowest BCUT2D eigenvalue weighted by atomic mass is 10.0. The van der Waals surface area contributed by atoms with Gasteiger partial charge in [0.2, 0.25) is 5.91 Å². The predicted molar refractivity (Wildman–Crippen MR) is 80.3 cm³/mol. The Labute approximate surface area is 133 Å². The average molecular weight is 329 g/mol. The first-order chi connectivity index (χ1) is 10.3. The SMILES string of the molecule is CC(=O)N1CC[C@@H](NC(=O)c2c(F)ccc(C)c2Cl)[C@H](O)C1. The van der Waals surface area contributed by atoms with Crippen LogP contribution in [-0.4, -0.2) is 47.1 Å². The van der Waals surface area contributed by atoms with Crippen LogP contribution in [0.5, 0.6) is 0 Å². The van der Waals surface area contributed by atoms with Gasteiger partial charge < -0.3 is 15.3 Å². The lowest BCUT2D eigenvalue weighted by molar-refractivity contribution is -0.132. The molecule has 0 bridgehead atoms. The van der Waals surface area contributed by atoms with Crippen molar-refractivity contribution in [1.82, 2.24) is 10.2 Å². The molecule has 2 rings (SSSR count). The van der Waals surface area contributed by atoms with Crippen molar-refractivity contribution in [3.05, 3.63) is 34.1 Å². The van der Waals surface area contributed by atoms with Crippen LogP contribution in [-0.2, 0) is 4.79 Å². The van der Waals surface area contributed by atoms with E-state index >= 15 is 0 Å². The summed E-state index contributed by atoms with van der Waals surface area (Å²) in [5, 5.41) is 12.7. The Balaban J connectivity index is 2.10. The number of hydrogen-bond acceptors (Lipinski definition) is 3. The molecule has 2 N–H and O–H groups in total. The molecule has 2 atom stereocenters. The number of rotatable bonds is 2. The molecule has 0 aromatic heterocycles. The third-order valence-electron chi connectivity index (χ3n) is 3.86. The van der Waals surface area contributed by atoms with E-state index in [9.17, 15) is 19.1 Å². The number of piperidine rings is 1. The first-order valence-electron chi connectivity index (χ1n) is 7.00. The van der Waals surface area contributed by atoms with Gasteiger partial charge in [-0.3, -0.25) is 9.59 Å². The van der Waals surface area contributed by atoms with Gasteiger partial charge in [0.15, 0.2) is 0 Å². The summed E-state index contributed by atoms with van der Waals surface area (Å²) in [6.07, 6.45) is -0.495. The minimum absolute atomic E-state index is 0.0631. The summed E-state index contributed by atoms with van der Waals surface area (Å²) in [7, 11) is 0. The summed E-state index contributed by atoms with van der Waals surface area (Å²) < 4.78 is 13.8. The second kappa shape index (κ2) is 6.62. The molecule has 5 nitrogen and oxygen atoms in total. The van der Waals surface area contributed by atoms with Crippen LogP contribution in [0.15, 0.2) is 12.1 Å². The number of amides is 2. The number of likely N-dealkylation sites (tertiary alicyclic amines) is 1. The number of carbonyl (C=O) groups excluding carboxylic acids is 2. The number of halogens is 2. The maximum atomic E-state index is 13.8.